The zero-order valence-corrected chi connectivity index (χ0v) is 19.0. The van der Waals surface area contributed by atoms with Crippen molar-refractivity contribution in [3.8, 4) is 0 Å². The summed E-state index contributed by atoms with van der Waals surface area (Å²) in [5, 5.41) is 28.3. The Bertz CT molecular complexity index is 1100. The molecule has 0 aromatic heterocycles. The van der Waals surface area contributed by atoms with Crippen LogP contribution in [0.4, 0.5) is 16.2 Å². The molecule has 12 nitrogen and oxygen atoms in total. The van der Waals surface area contributed by atoms with Gasteiger partial charge in [-0.25, -0.2) is 4.79 Å². The van der Waals surface area contributed by atoms with Crippen molar-refractivity contribution in [1.82, 2.24) is 16.0 Å². The fourth-order valence-electron chi connectivity index (χ4n) is 2.51. The predicted molar refractivity (Wildman–Crippen MR) is 127 cm³/mol. The molecule has 34 heavy (non-hydrogen) atoms. The van der Waals surface area contributed by atoms with Crippen molar-refractivity contribution >= 4 is 64.3 Å². The number of aliphatic hydroxyl groups is 1. The van der Waals surface area contributed by atoms with Crippen LogP contribution in [0.3, 0.4) is 0 Å². The number of aliphatic hydroxyl groups excluding tert-OH is 1. The number of rotatable bonds is 8. The molecule has 0 radical (unpaired) electrons. The molecule has 0 aliphatic rings. The summed E-state index contributed by atoms with van der Waals surface area (Å²) in [6.07, 6.45) is 0. The maximum atomic E-state index is 12.2. The molecule has 1 atom stereocenters. The first kappa shape index (κ1) is 26.4. The zero-order chi connectivity index (χ0) is 25.3. The van der Waals surface area contributed by atoms with Crippen molar-refractivity contribution in [1.29, 1.82) is 5.41 Å². The highest BCUT2D eigenvalue weighted by Gasteiger charge is 2.21. The van der Waals surface area contributed by atoms with Crippen LogP contribution in [0.5, 0.6) is 0 Å². The van der Waals surface area contributed by atoms with Gasteiger partial charge in [0.15, 0.2) is 5.96 Å². The third kappa shape index (κ3) is 7.92. The molecule has 9 N–H and O–H groups in total. The van der Waals surface area contributed by atoms with Gasteiger partial charge in [-0.1, -0.05) is 29.3 Å². The summed E-state index contributed by atoms with van der Waals surface area (Å²) < 4.78 is 0. The molecule has 0 fully saturated rings. The predicted octanol–water partition coefficient (Wildman–Crippen LogP) is 0.854. The number of imide groups is 1. The molecule has 0 saturated heterocycles. The third-order valence-electron chi connectivity index (χ3n) is 4.11. The second-order valence-electron chi connectivity index (χ2n) is 6.65. The topological polar surface area (TPSA) is 199 Å². The molecular formula is C20H21Cl2N7O5. The standard InChI is InChI=1S/C20H21Cl2N7O5/c21-12-2-1-3-13(16(12)22)27-20(34)28-14(9-30)18(33)25-8-15(31)29-17(32)10-4-6-11(7-5-10)26-19(23)24/h1-7,14,30H,8-9H2,(H,25,33)(H4,23,24,26)(H2,27,28,34)(H,29,31,32)/t14-/m0/s1. The number of nitrogens with two attached hydrogens (primary N) is 1. The molecule has 0 aliphatic carbocycles. The quantitative estimate of drug-likeness (QED) is 0.190. The van der Waals surface area contributed by atoms with Crippen molar-refractivity contribution in [2.75, 3.05) is 23.8 Å². The van der Waals surface area contributed by atoms with Gasteiger partial charge in [-0.15, -0.1) is 0 Å². The number of carbonyl (C=O) groups excluding carboxylic acids is 4. The van der Waals surface area contributed by atoms with E-state index in [0.717, 1.165) is 0 Å². The lowest BCUT2D eigenvalue weighted by Gasteiger charge is -2.17. The Morgan fingerprint density at radius 3 is 2.32 bits per heavy atom. The summed E-state index contributed by atoms with van der Waals surface area (Å²) in [4.78, 5) is 48.5. The van der Waals surface area contributed by atoms with Gasteiger partial charge in [-0.3, -0.25) is 25.1 Å². The van der Waals surface area contributed by atoms with Crippen LogP contribution in [0.2, 0.25) is 10.0 Å². The minimum Gasteiger partial charge on any atom is -0.394 e. The van der Waals surface area contributed by atoms with Gasteiger partial charge in [0, 0.05) is 11.3 Å². The Balaban J connectivity index is 1.83. The SMILES string of the molecule is N=C(N)Nc1ccc(C(=O)NC(=O)CNC(=O)[C@H](CO)NC(=O)Nc2cccc(Cl)c2Cl)cc1. The Labute approximate surface area is 203 Å². The van der Waals surface area contributed by atoms with Crippen LogP contribution in [0.1, 0.15) is 10.4 Å². The van der Waals surface area contributed by atoms with Gasteiger partial charge in [-0.2, -0.15) is 0 Å². The number of hydrogen-bond acceptors (Lipinski definition) is 6. The number of anilines is 2. The average Bonchev–Trinajstić information content (AvgIpc) is 2.79. The van der Waals surface area contributed by atoms with Crippen molar-refractivity contribution in [3.63, 3.8) is 0 Å². The van der Waals surface area contributed by atoms with E-state index in [1.807, 2.05) is 0 Å². The van der Waals surface area contributed by atoms with E-state index in [9.17, 15) is 24.3 Å². The molecule has 0 saturated carbocycles. The van der Waals surface area contributed by atoms with E-state index in [2.05, 4.69) is 26.6 Å². The zero-order valence-electron chi connectivity index (χ0n) is 17.4. The van der Waals surface area contributed by atoms with Gasteiger partial charge >= 0.3 is 6.03 Å². The number of nitrogens with one attached hydrogen (secondary N) is 6. The lowest BCUT2D eigenvalue weighted by Crippen LogP contribution is -2.52. The minimum atomic E-state index is -1.39. The smallest absolute Gasteiger partial charge is 0.320 e. The average molecular weight is 510 g/mol. The molecule has 0 unspecified atom stereocenters. The van der Waals surface area contributed by atoms with E-state index >= 15 is 0 Å². The van der Waals surface area contributed by atoms with Crippen LogP contribution in [0.25, 0.3) is 0 Å². The number of hydrogen-bond donors (Lipinski definition) is 8. The Morgan fingerprint density at radius 1 is 1.03 bits per heavy atom. The van der Waals surface area contributed by atoms with E-state index in [1.54, 1.807) is 6.07 Å². The number of amides is 5. The van der Waals surface area contributed by atoms with Gasteiger partial charge < -0.3 is 32.1 Å². The van der Waals surface area contributed by atoms with Gasteiger partial charge in [0.25, 0.3) is 5.91 Å². The van der Waals surface area contributed by atoms with Gasteiger partial charge in [0.05, 0.1) is 28.9 Å². The molecular weight excluding hydrogens is 489 g/mol. The number of carbonyl (C=O) groups is 4. The molecule has 0 aliphatic heterocycles. The lowest BCUT2D eigenvalue weighted by molar-refractivity contribution is -0.127. The summed E-state index contributed by atoms with van der Waals surface area (Å²) in [5.41, 5.74) is 6.03. The van der Waals surface area contributed by atoms with Gasteiger partial charge in [-0.05, 0) is 36.4 Å². The first-order valence-corrected chi connectivity index (χ1v) is 10.3. The molecule has 5 amide bonds. The number of urea groups is 1. The van der Waals surface area contributed by atoms with Crippen molar-refractivity contribution < 1.29 is 24.3 Å². The fourth-order valence-corrected chi connectivity index (χ4v) is 2.85. The number of guanidine groups is 1. The van der Waals surface area contributed by atoms with Crippen molar-refractivity contribution in [3.05, 3.63) is 58.1 Å². The highest BCUT2D eigenvalue weighted by Crippen LogP contribution is 2.29. The van der Waals surface area contributed by atoms with Crippen LogP contribution < -0.4 is 32.3 Å². The number of halogens is 2. The third-order valence-corrected chi connectivity index (χ3v) is 4.93. The van der Waals surface area contributed by atoms with Crippen molar-refractivity contribution in [2.24, 2.45) is 5.73 Å². The summed E-state index contributed by atoms with van der Waals surface area (Å²) >= 11 is 11.8. The summed E-state index contributed by atoms with van der Waals surface area (Å²) in [7, 11) is 0. The maximum absolute atomic E-state index is 12.2. The molecule has 14 heteroatoms. The monoisotopic (exact) mass is 509 g/mol. The summed E-state index contributed by atoms with van der Waals surface area (Å²) in [6, 6.07) is 8.11. The van der Waals surface area contributed by atoms with E-state index in [1.165, 1.54) is 36.4 Å². The van der Waals surface area contributed by atoms with E-state index in [-0.39, 0.29) is 27.3 Å². The van der Waals surface area contributed by atoms with Crippen LogP contribution in [0.15, 0.2) is 42.5 Å². The maximum Gasteiger partial charge on any atom is 0.320 e. The second-order valence-corrected chi connectivity index (χ2v) is 7.43. The summed E-state index contributed by atoms with van der Waals surface area (Å²) in [6.45, 7) is -1.35. The van der Waals surface area contributed by atoms with E-state index in [4.69, 9.17) is 34.3 Å². The highest BCUT2D eigenvalue weighted by atomic mass is 35.5. The molecule has 0 bridgehead atoms. The molecule has 2 rings (SSSR count). The van der Waals surface area contributed by atoms with Crippen LogP contribution >= 0.6 is 23.2 Å². The second kappa shape index (κ2) is 12.4. The number of benzene rings is 2. The van der Waals surface area contributed by atoms with Gasteiger partial charge in [0.1, 0.15) is 6.04 Å². The molecule has 0 heterocycles. The normalized spacial score (nSPS) is 11.0. The highest BCUT2D eigenvalue weighted by molar-refractivity contribution is 6.44. The Morgan fingerprint density at radius 2 is 1.71 bits per heavy atom. The summed E-state index contributed by atoms with van der Waals surface area (Å²) in [5.74, 6) is -2.68. The van der Waals surface area contributed by atoms with E-state index < -0.39 is 42.9 Å². The molecule has 2 aromatic rings. The van der Waals surface area contributed by atoms with Crippen LogP contribution in [0, 0.1) is 5.41 Å². The fraction of sp³-hybridized carbons (Fsp3) is 0.150. The van der Waals surface area contributed by atoms with Crippen LogP contribution in [-0.2, 0) is 9.59 Å². The Kier molecular flexibility index (Phi) is 9.62. The largest absolute Gasteiger partial charge is 0.394 e. The molecule has 0 spiro atoms. The van der Waals surface area contributed by atoms with E-state index in [0.29, 0.717) is 5.69 Å². The first-order chi connectivity index (χ1) is 16.1. The van der Waals surface area contributed by atoms with Crippen LogP contribution in [-0.4, -0.2) is 54.0 Å². The molecule has 180 valence electrons. The van der Waals surface area contributed by atoms with Gasteiger partial charge in [0.2, 0.25) is 11.8 Å². The lowest BCUT2D eigenvalue weighted by atomic mass is 10.2. The first-order valence-electron chi connectivity index (χ1n) is 9.56. The molecule has 2 aromatic carbocycles. The van der Waals surface area contributed by atoms with Crippen molar-refractivity contribution in [2.45, 2.75) is 6.04 Å². The minimum absolute atomic E-state index is 0.0930. The Hall–Kier alpha value is -3.87.